The Morgan fingerprint density at radius 3 is 2.55 bits per heavy atom. The molecule has 1 amide bonds. The first kappa shape index (κ1) is 24.6. The average molecular weight is 460 g/mol. The molecule has 1 aromatic heterocycles. The first-order chi connectivity index (χ1) is 15.5. The fraction of sp³-hybridized carbons (Fsp3) is 0.480. The molecule has 0 bridgehead atoms. The van der Waals surface area contributed by atoms with Gasteiger partial charge in [-0.15, -0.1) is 0 Å². The highest BCUT2D eigenvalue weighted by Crippen LogP contribution is 2.42. The summed E-state index contributed by atoms with van der Waals surface area (Å²) in [4.78, 5) is 16.1. The van der Waals surface area contributed by atoms with Crippen LogP contribution in [0, 0.1) is 23.2 Å². The van der Waals surface area contributed by atoms with Gasteiger partial charge in [0, 0.05) is 12.3 Å². The molecule has 5 nitrogen and oxygen atoms in total. The van der Waals surface area contributed by atoms with Crippen molar-refractivity contribution in [1.82, 2.24) is 4.98 Å². The minimum absolute atomic E-state index is 0.0495. The molecule has 2 N–H and O–H groups in total. The summed E-state index contributed by atoms with van der Waals surface area (Å²) in [6.45, 7) is 3.55. The monoisotopic (exact) mass is 459 g/mol. The Balaban J connectivity index is 1.82. The zero-order chi connectivity index (χ0) is 24.2. The Hall–Kier alpha value is -3.08. The standard InChI is InChI=1S/C25H28F3N3O2/c1-16(21(12-17-5-3-6-17)19-8-4-7-18(11-19)14-29)13-24(2,23(30)32)33-22-10-9-20(15-31-22)25(26,27)28/h4,7-11,15-17,21H,3,5-6,12-13H2,1-2H3,(H2,30,32). The number of rotatable bonds is 9. The van der Waals surface area contributed by atoms with Crippen LogP contribution in [-0.2, 0) is 11.0 Å². The van der Waals surface area contributed by atoms with Crippen molar-refractivity contribution < 1.29 is 22.7 Å². The Kier molecular flexibility index (Phi) is 7.31. The molecule has 33 heavy (non-hydrogen) atoms. The van der Waals surface area contributed by atoms with Gasteiger partial charge in [-0.25, -0.2) is 4.98 Å². The molecule has 0 radical (unpaired) electrons. The molecule has 3 atom stereocenters. The van der Waals surface area contributed by atoms with Gasteiger partial charge in [0.2, 0.25) is 5.88 Å². The molecule has 1 heterocycles. The van der Waals surface area contributed by atoms with Gasteiger partial charge in [-0.3, -0.25) is 4.79 Å². The van der Waals surface area contributed by atoms with Gasteiger partial charge in [-0.2, -0.15) is 18.4 Å². The van der Waals surface area contributed by atoms with Crippen molar-refractivity contribution in [2.45, 2.75) is 63.6 Å². The van der Waals surface area contributed by atoms with Crippen LogP contribution in [0.15, 0.2) is 42.6 Å². The largest absolute Gasteiger partial charge is 0.461 e. The smallest absolute Gasteiger partial charge is 0.417 e. The molecule has 1 aliphatic carbocycles. The molecule has 0 aliphatic heterocycles. The number of aromatic nitrogens is 1. The van der Waals surface area contributed by atoms with Crippen LogP contribution in [0.25, 0.3) is 0 Å². The SMILES string of the molecule is CC(CC(C)(Oc1ccc(C(F)(F)F)cn1)C(N)=O)C(CC1CCC1)c1cccc(C#N)c1. The number of carbonyl (C=O) groups is 1. The second-order valence-electron chi connectivity index (χ2n) is 9.14. The molecule has 8 heteroatoms. The second-order valence-corrected chi connectivity index (χ2v) is 9.14. The lowest BCUT2D eigenvalue weighted by Crippen LogP contribution is -2.48. The van der Waals surface area contributed by atoms with Crippen LogP contribution < -0.4 is 10.5 Å². The van der Waals surface area contributed by atoms with Gasteiger partial charge < -0.3 is 10.5 Å². The van der Waals surface area contributed by atoms with E-state index in [1.54, 1.807) is 6.07 Å². The van der Waals surface area contributed by atoms with Gasteiger partial charge in [-0.1, -0.05) is 38.3 Å². The molecular formula is C25H28F3N3O2. The lowest BCUT2D eigenvalue weighted by atomic mass is 9.71. The minimum Gasteiger partial charge on any atom is -0.461 e. The number of amides is 1. The van der Waals surface area contributed by atoms with Crippen LogP contribution in [0.1, 0.15) is 68.6 Å². The fourth-order valence-electron chi connectivity index (χ4n) is 4.41. The van der Waals surface area contributed by atoms with E-state index in [1.807, 2.05) is 25.1 Å². The predicted molar refractivity (Wildman–Crippen MR) is 117 cm³/mol. The molecule has 1 aliphatic rings. The highest BCUT2D eigenvalue weighted by molar-refractivity contribution is 5.83. The number of hydrogen-bond donors (Lipinski definition) is 1. The molecule has 1 fully saturated rings. The van der Waals surface area contributed by atoms with Crippen LogP contribution in [0.2, 0.25) is 0 Å². The minimum atomic E-state index is -4.51. The fourth-order valence-corrected chi connectivity index (χ4v) is 4.41. The molecule has 176 valence electrons. The summed E-state index contributed by atoms with van der Waals surface area (Å²) in [7, 11) is 0. The topological polar surface area (TPSA) is 89.0 Å². The third-order valence-electron chi connectivity index (χ3n) is 6.57. The molecule has 0 saturated heterocycles. The van der Waals surface area contributed by atoms with Crippen molar-refractivity contribution in [3.8, 4) is 11.9 Å². The van der Waals surface area contributed by atoms with Crippen LogP contribution in [0.3, 0.4) is 0 Å². The first-order valence-corrected chi connectivity index (χ1v) is 11.0. The van der Waals surface area contributed by atoms with E-state index in [-0.39, 0.29) is 24.1 Å². The number of benzene rings is 1. The maximum Gasteiger partial charge on any atom is 0.417 e. The number of primary amides is 1. The quantitative estimate of drug-likeness (QED) is 0.529. The predicted octanol–water partition coefficient (Wildman–Crippen LogP) is 5.60. The van der Waals surface area contributed by atoms with Crippen molar-refractivity contribution in [2.24, 2.45) is 17.6 Å². The van der Waals surface area contributed by atoms with Crippen molar-refractivity contribution in [2.75, 3.05) is 0 Å². The van der Waals surface area contributed by atoms with E-state index >= 15 is 0 Å². The maximum absolute atomic E-state index is 12.8. The van der Waals surface area contributed by atoms with E-state index in [1.165, 1.54) is 13.3 Å². The number of ether oxygens (including phenoxy) is 1. The maximum atomic E-state index is 12.8. The number of nitriles is 1. The summed E-state index contributed by atoms with van der Waals surface area (Å²) in [5.74, 6) is -0.207. The summed E-state index contributed by atoms with van der Waals surface area (Å²) in [6, 6.07) is 11.6. The second kappa shape index (κ2) is 9.82. The zero-order valence-corrected chi connectivity index (χ0v) is 18.7. The third kappa shape index (κ3) is 6.04. The molecule has 3 unspecified atom stereocenters. The number of alkyl halides is 3. The van der Waals surface area contributed by atoms with Crippen molar-refractivity contribution in [3.05, 3.63) is 59.3 Å². The number of nitrogens with zero attached hydrogens (tertiary/aromatic N) is 2. The van der Waals surface area contributed by atoms with E-state index in [0.29, 0.717) is 17.7 Å². The number of nitrogens with two attached hydrogens (primary N) is 1. The number of pyridine rings is 1. The highest BCUT2D eigenvalue weighted by atomic mass is 19.4. The summed E-state index contributed by atoms with van der Waals surface area (Å²) < 4.78 is 44.2. The summed E-state index contributed by atoms with van der Waals surface area (Å²) >= 11 is 0. The van der Waals surface area contributed by atoms with E-state index < -0.39 is 23.2 Å². The van der Waals surface area contributed by atoms with Crippen molar-refractivity contribution in [3.63, 3.8) is 0 Å². The van der Waals surface area contributed by atoms with Crippen LogP contribution in [-0.4, -0.2) is 16.5 Å². The van der Waals surface area contributed by atoms with Gasteiger partial charge in [0.05, 0.1) is 17.2 Å². The Morgan fingerprint density at radius 1 is 1.30 bits per heavy atom. The molecular weight excluding hydrogens is 431 g/mol. The first-order valence-electron chi connectivity index (χ1n) is 11.0. The van der Waals surface area contributed by atoms with Crippen LogP contribution >= 0.6 is 0 Å². The number of halogens is 3. The summed E-state index contributed by atoms with van der Waals surface area (Å²) in [6.07, 6.45) is 0.835. The summed E-state index contributed by atoms with van der Waals surface area (Å²) in [5, 5.41) is 9.31. The van der Waals surface area contributed by atoms with Crippen molar-refractivity contribution >= 4 is 5.91 Å². The van der Waals surface area contributed by atoms with E-state index in [9.17, 15) is 23.2 Å². The average Bonchev–Trinajstić information content (AvgIpc) is 2.72. The van der Waals surface area contributed by atoms with Crippen LogP contribution in [0.5, 0.6) is 5.88 Å². The summed E-state index contributed by atoms with van der Waals surface area (Å²) in [5.41, 5.74) is 4.90. The highest BCUT2D eigenvalue weighted by Gasteiger charge is 2.39. The van der Waals surface area contributed by atoms with Gasteiger partial charge in [-0.05, 0) is 61.3 Å². The van der Waals surface area contributed by atoms with Gasteiger partial charge in [0.25, 0.3) is 5.91 Å². The van der Waals surface area contributed by atoms with E-state index in [0.717, 1.165) is 37.0 Å². The molecule has 0 spiro atoms. The van der Waals surface area contributed by atoms with Gasteiger partial charge >= 0.3 is 6.18 Å². The molecule has 1 aromatic carbocycles. The normalized spacial score (nSPS) is 17.8. The van der Waals surface area contributed by atoms with E-state index in [2.05, 4.69) is 11.1 Å². The molecule has 3 rings (SSSR count). The Morgan fingerprint density at radius 2 is 2.03 bits per heavy atom. The Bertz CT molecular complexity index is 1010. The zero-order valence-electron chi connectivity index (χ0n) is 18.7. The van der Waals surface area contributed by atoms with Gasteiger partial charge in [0.1, 0.15) is 0 Å². The third-order valence-corrected chi connectivity index (χ3v) is 6.57. The number of hydrogen-bond acceptors (Lipinski definition) is 4. The lowest BCUT2D eigenvalue weighted by molar-refractivity contribution is -0.138. The lowest BCUT2D eigenvalue weighted by Gasteiger charge is -2.36. The Labute approximate surface area is 191 Å². The molecule has 2 aromatic rings. The van der Waals surface area contributed by atoms with Crippen molar-refractivity contribution in [1.29, 1.82) is 5.26 Å². The van der Waals surface area contributed by atoms with E-state index in [4.69, 9.17) is 10.5 Å². The molecule has 1 saturated carbocycles. The number of carbonyl (C=O) groups excluding carboxylic acids is 1. The van der Waals surface area contributed by atoms with Gasteiger partial charge in [0.15, 0.2) is 5.60 Å². The van der Waals surface area contributed by atoms with Crippen LogP contribution in [0.4, 0.5) is 13.2 Å².